The highest BCUT2D eigenvalue weighted by Gasteiger charge is 2.37. The van der Waals surface area contributed by atoms with Gasteiger partial charge < -0.3 is 15.8 Å². The van der Waals surface area contributed by atoms with E-state index in [1.807, 2.05) is 6.07 Å². The van der Waals surface area contributed by atoms with Crippen LogP contribution in [-0.2, 0) is 14.3 Å². The minimum Gasteiger partial charge on any atom is -0.463 e. The molecule has 1 aliphatic heterocycles. The zero-order valence-electron chi connectivity index (χ0n) is 17.6. The number of carbonyl (C=O) groups is 2. The van der Waals surface area contributed by atoms with E-state index in [0.29, 0.717) is 21.9 Å². The van der Waals surface area contributed by atoms with E-state index < -0.39 is 22.7 Å². The Hall–Kier alpha value is -4.10. The van der Waals surface area contributed by atoms with Crippen LogP contribution in [0.4, 0.5) is 5.69 Å². The Kier molecular flexibility index (Phi) is 7.48. The van der Waals surface area contributed by atoms with Crippen molar-refractivity contribution in [2.45, 2.75) is 12.8 Å². The molecular weight excluding hydrogens is 444 g/mol. The Balaban J connectivity index is 2.31. The highest BCUT2D eigenvalue weighted by atomic mass is 32.2. The quantitative estimate of drug-likeness (QED) is 0.344. The molecule has 168 valence electrons. The zero-order chi connectivity index (χ0) is 24.0. The lowest BCUT2D eigenvalue weighted by atomic mass is 9.81. The number of esters is 1. The molecular formula is C23H20N4O5S. The fourth-order valence-electron chi connectivity index (χ4n) is 3.45. The number of hydrogen-bond donors (Lipinski definition) is 2. The second kappa shape index (κ2) is 10.5. The number of rotatable bonds is 8. The van der Waals surface area contributed by atoms with Crippen LogP contribution in [0.5, 0.6) is 0 Å². The average molecular weight is 465 g/mol. The van der Waals surface area contributed by atoms with Crippen LogP contribution < -0.4 is 11.1 Å². The number of nitro groups is 1. The maximum absolute atomic E-state index is 13.2. The lowest BCUT2D eigenvalue weighted by molar-refractivity contribution is -0.384. The van der Waals surface area contributed by atoms with Crippen molar-refractivity contribution in [3.8, 4) is 6.07 Å². The van der Waals surface area contributed by atoms with Gasteiger partial charge in [-0.2, -0.15) is 5.26 Å². The summed E-state index contributed by atoms with van der Waals surface area (Å²) in [5, 5.41) is 24.9. The largest absolute Gasteiger partial charge is 0.463 e. The monoisotopic (exact) mass is 464 g/mol. The molecule has 3 rings (SSSR count). The number of nitrogens with one attached hydrogen (secondary N) is 1. The van der Waals surface area contributed by atoms with Gasteiger partial charge in [0.05, 0.1) is 51.1 Å². The first-order valence-electron chi connectivity index (χ1n) is 9.90. The lowest BCUT2D eigenvalue weighted by Crippen LogP contribution is -2.30. The van der Waals surface area contributed by atoms with Gasteiger partial charge in [-0.05, 0) is 18.1 Å². The summed E-state index contributed by atoms with van der Waals surface area (Å²) in [6, 6.07) is 16.8. The number of nitrogens with two attached hydrogens (primary N) is 1. The predicted octanol–water partition coefficient (Wildman–Crippen LogP) is 3.21. The van der Waals surface area contributed by atoms with E-state index in [1.54, 1.807) is 37.3 Å². The first-order valence-corrected chi connectivity index (χ1v) is 10.9. The minimum absolute atomic E-state index is 0.0982. The van der Waals surface area contributed by atoms with Gasteiger partial charge in [0.1, 0.15) is 0 Å². The van der Waals surface area contributed by atoms with Crippen molar-refractivity contribution in [1.82, 2.24) is 5.32 Å². The maximum atomic E-state index is 13.2. The van der Waals surface area contributed by atoms with Gasteiger partial charge in [-0.3, -0.25) is 14.9 Å². The Bertz CT molecular complexity index is 1200. The fourth-order valence-corrected chi connectivity index (χ4v) is 4.23. The number of carbonyl (C=O) groups excluding carboxylic acids is 2. The van der Waals surface area contributed by atoms with Crippen LogP contribution >= 0.6 is 11.8 Å². The molecule has 0 bridgehead atoms. The fraction of sp³-hybridized carbons (Fsp3) is 0.174. The SMILES string of the molecule is CCOC(=O)C1=C(c2ccccc2)NC(SCC(N)=O)=C(C#N)C1c1cccc([N+](=O)[O-])c1. The van der Waals surface area contributed by atoms with Crippen molar-refractivity contribution in [3.05, 3.63) is 92.0 Å². The van der Waals surface area contributed by atoms with Crippen molar-refractivity contribution in [3.63, 3.8) is 0 Å². The van der Waals surface area contributed by atoms with Crippen LogP contribution in [0.3, 0.4) is 0 Å². The van der Waals surface area contributed by atoms with Crippen LogP contribution in [0.2, 0.25) is 0 Å². The van der Waals surface area contributed by atoms with Crippen LogP contribution in [0.25, 0.3) is 5.70 Å². The third-order valence-electron chi connectivity index (χ3n) is 4.78. The van der Waals surface area contributed by atoms with Crippen molar-refractivity contribution in [2.24, 2.45) is 5.73 Å². The molecule has 0 spiro atoms. The normalized spacial score (nSPS) is 15.5. The number of non-ortho nitro benzene ring substituents is 1. The Morgan fingerprint density at radius 1 is 1.24 bits per heavy atom. The van der Waals surface area contributed by atoms with E-state index in [2.05, 4.69) is 11.4 Å². The average Bonchev–Trinajstić information content (AvgIpc) is 2.82. The number of nitrogens with zero attached hydrogens (tertiary/aromatic N) is 2. The Morgan fingerprint density at radius 2 is 1.97 bits per heavy atom. The first-order chi connectivity index (χ1) is 15.9. The summed E-state index contributed by atoms with van der Waals surface area (Å²) in [6.45, 7) is 1.76. The maximum Gasteiger partial charge on any atom is 0.337 e. The van der Waals surface area contributed by atoms with Crippen molar-refractivity contribution in [2.75, 3.05) is 12.4 Å². The number of ether oxygens (including phenoxy) is 1. The molecule has 2 aromatic carbocycles. The third kappa shape index (κ3) is 5.22. The van der Waals surface area contributed by atoms with Crippen molar-refractivity contribution < 1.29 is 19.2 Å². The van der Waals surface area contributed by atoms with Gasteiger partial charge >= 0.3 is 5.97 Å². The Morgan fingerprint density at radius 3 is 2.58 bits per heavy atom. The molecule has 1 atom stereocenters. The predicted molar refractivity (Wildman–Crippen MR) is 123 cm³/mol. The number of benzene rings is 2. The molecule has 0 aromatic heterocycles. The van der Waals surface area contributed by atoms with Gasteiger partial charge in [0, 0.05) is 12.1 Å². The first kappa shape index (κ1) is 23.6. The highest BCUT2D eigenvalue weighted by molar-refractivity contribution is 8.03. The molecule has 3 N–H and O–H groups in total. The number of nitriles is 1. The number of primary amides is 1. The number of nitro benzene ring substituents is 1. The zero-order valence-corrected chi connectivity index (χ0v) is 18.4. The molecule has 1 aliphatic rings. The molecule has 0 saturated heterocycles. The standard InChI is InChI=1S/C23H20N4O5S/c1-2-32-23(29)20-19(15-9-6-10-16(11-15)27(30)31)17(12-24)22(33-13-18(25)28)26-21(20)14-7-4-3-5-8-14/h3-11,19,26H,2,13H2,1H3,(H2,25,28). The summed E-state index contributed by atoms with van der Waals surface area (Å²) in [5.41, 5.74) is 6.79. The molecule has 1 unspecified atom stereocenters. The van der Waals surface area contributed by atoms with Crippen molar-refractivity contribution in [1.29, 1.82) is 5.26 Å². The molecule has 1 amide bonds. The number of dihydropyridines is 1. The van der Waals surface area contributed by atoms with Gasteiger partial charge in [0.25, 0.3) is 5.69 Å². The highest BCUT2D eigenvalue weighted by Crippen LogP contribution is 2.44. The van der Waals surface area contributed by atoms with Gasteiger partial charge in [-0.15, -0.1) is 0 Å². The molecule has 0 fully saturated rings. The van der Waals surface area contributed by atoms with E-state index in [4.69, 9.17) is 10.5 Å². The molecule has 2 aromatic rings. The summed E-state index contributed by atoms with van der Waals surface area (Å²) >= 11 is 1.02. The van der Waals surface area contributed by atoms with Crippen LogP contribution in [-0.4, -0.2) is 29.2 Å². The van der Waals surface area contributed by atoms with E-state index in [1.165, 1.54) is 18.2 Å². The lowest BCUT2D eigenvalue weighted by Gasteiger charge is -2.30. The van der Waals surface area contributed by atoms with Crippen LogP contribution in [0.1, 0.15) is 24.0 Å². The summed E-state index contributed by atoms with van der Waals surface area (Å²) in [4.78, 5) is 35.4. The number of allylic oxidation sites excluding steroid dienone is 1. The molecule has 0 aliphatic carbocycles. The van der Waals surface area contributed by atoms with Gasteiger partial charge in [-0.1, -0.05) is 54.2 Å². The number of thioether (sulfide) groups is 1. The number of amides is 1. The Labute approximate surface area is 194 Å². The second-order valence-electron chi connectivity index (χ2n) is 6.89. The van der Waals surface area contributed by atoms with Gasteiger partial charge in [-0.25, -0.2) is 4.79 Å². The molecule has 0 radical (unpaired) electrons. The van der Waals surface area contributed by atoms with Gasteiger partial charge in [0.2, 0.25) is 5.91 Å². The van der Waals surface area contributed by atoms with E-state index in [9.17, 15) is 25.0 Å². The molecule has 1 heterocycles. The summed E-state index contributed by atoms with van der Waals surface area (Å²) in [7, 11) is 0. The topological polar surface area (TPSA) is 148 Å². The summed E-state index contributed by atoms with van der Waals surface area (Å²) in [5.74, 6) is -2.31. The van der Waals surface area contributed by atoms with Crippen LogP contribution in [0, 0.1) is 21.4 Å². The number of hydrogen-bond acceptors (Lipinski definition) is 8. The third-order valence-corrected chi connectivity index (χ3v) is 5.82. The van der Waals surface area contributed by atoms with Crippen LogP contribution in [0.15, 0.2) is 70.8 Å². The van der Waals surface area contributed by atoms with E-state index >= 15 is 0 Å². The molecule has 0 saturated carbocycles. The molecule has 10 heteroatoms. The van der Waals surface area contributed by atoms with Gasteiger partial charge in [0.15, 0.2) is 0 Å². The van der Waals surface area contributed by atoms with E-state index in [-0.39, 0.29) is 29.2 Å². The summed E-state index contributed by atoms with van der Waals surface area (Å²) in [6.07, 6.45) is 0. The minimum atomic E-state index is -0.958. The van der Waals surface area contributed by atoms with E-state index in [0.717, 1.165) is 11.8 Å². The smallest absolute Gasteiger partial charge is 0.337 e. The second-order valence-corrected chi connectivity index (χ2v) is 7.88. The molecule has 9 nitrogen and oxygen atoms in total. The summed E-state index contributed by atoms with van der Waals surface area (Å²) < 4.78 is 5.31. The van der Waals surface area contributed by atoms with Crippen molar-refractivity contribution >= 4 is 35.0 Å². The molecule has 33 heavy (non-hydrogen) atoms.